The molecule has 1 aromatic rings. The molecule has 4 fully saturated rings. The highest BCUT2D eigenvalue weighted by Gasteiger charge is 2.52. The number of likely N-dealkylation sites (N-methyl/N-ethyl adjacent to an activating group) is 1. The Hall–Kier alpha value is -1.13. The van der Waals surface area contributed by atoms with E-state index in [1.807, 2.05) is 0 Å². The fraction of sp³-hybridized carbons (Fsp3) is 0.667. The SMILES string of the molecule is CN(CC(=O)Nc1ccc(Cl)cn1)C12CC3CC(CC(C3)C1)C2. The van der Waals surface area contributed by atoms with Gasteiger partial charge in [0.05, 0.1) is 11.6 Å². The van der Waals surface area contributed by atoms with Gasteiger partial charge >= 0.3 is 0 Å². The molecular weight excluding hydrogens is 310 g/mol. The summed E-state index contributed by atoms with van der Waals surface area (Å²) < 4.78 is 0. The fourth-order valence-corrected chi connectivity index (χ4v) is 5.66. The molecule has 5 rings (SSSR count). The van der Waals surface area contributed by atoms with E-state index in [0.29, 0.717) is 17.4 Å². The number of halogens is 1. The third-order valence-electron chi connectivity index (χ3n) is 6.19. The van der Waals surface area contributed by atoms with E-state index < -0.39 is 0 Å². The third kappa shape index (κ3) is 2.99. The summed E-state index contributed by atoms with van der Waals surface area (Å²) in [7, 11) is 2.13. The summed E-state index contributed by atoms with van der Waals surface area (Å²) in [5.74, 6) is 3.26. The van der Waals surface area contributed by atoms with Crippen LogP contribution in [0.4, 0.5) is 5.82 Å². The summed E-state index contributed by atoms with van der Waals surface area (Å²) >= 11 is 5.83. The Morgan fingerprint density at radius 1 is 1.26 bits per heavy atom. The zero-order valence-electron chi connectivity index (χ0n) is 13.6. The summed E-state index contributed by atoms with van der Waals surface area (Å²) in [4.78, 5) is 18.8. The van der Waals surface area contributed by atoms with Crippen molar-refractivity contribution in [3.05, 3.63) is 23.4 Å². The van der Waals surface area contributed by atoms with Gasteiger partial charge in [-0.2, -0.15) is 0 Å². The van der Waals surface area contributed by atoms with Gasteiger partial charge in [-0.3, -0.25) is 9.69 Å². The number of hydrogen-bond acceptors (Lipinski definition) is 3. The van der Waals surface area contributed by atoms with Gasteiger partial charge in [0.2, 0.25) is 5.91 Å². The molecule has 0 atom stereocenters. The standard InChI is InChI=1S/C18H24ClN3O/c1-22(11-17(23)21-16-3-2-15(19)10-20-16)18-7-12-4-13(8-18)6-14(5-12)9-18/h2-3,10,12-14H,4-9,11H2,1H3,(H,20,21,23). The largest absolute Gasteiger partial charge is 0.310 e. The van der Waals surface area contributed by atoms with Crippen molar-refractivity contribution in [3.63, 3.8) is 0 Å². The Balaban J connectivity index is 1.40. The molecule has 4 saturated carbocycles. The van der Waals surface area contributed by atoms with Gasteiger partial charge in [0, 0.05) is 11.7 Å². The second-order valence-electron chi connectivity index (χ2n) is 7.91. The molecule has 0 unspecified atom stereocenters. The molecule has 4 aliphatic rings. The monoisotopic (exact) mass is 333 g/mol. The lowest BCUT2D eigenvalue weighted by Crippen LogP contribution is -2.59. The minimum absolute atomic E-state index is 0.0121. The van der Waals surface area contributed by atoms with E-state index in [2.05, 4.69) is 22.2 Å². The van der Waals surface area contributed by atoms with Crippen LogP contribution in [-0.2, 0) is 4.79 Å². The number of amides is 1. The molecule has 0 aromatic carbocycles. The lowest BCUT2D eigenvalue weighted by Gasteiger charge is -2.59. The minimum atomic E-state index is 0.0121. The van der Waals surface area contributed by atoms with Crippen LogP contribution in [0.5, 0.6) is 0 Å². The number of aromatic nitrogens is 1. The quantitative estimate of drug-likeness (QED) is 0.916. The molecule has 0 saturated heterocycles. The third-order valence-corrected chi connectivity index (χ3v) is 6.41. The van der Waals surface area contributed by atoms with Crippen LogP contribution >= 0.6 is 11.6 Å². The number of carbonyl (C=O) groups is 1. The van der Waals surface area contributed by atoms with Crippen molar-refractivity contribution in [2.75, 3.05) is 18.9 Å². The van der Waals surface area contributed by atoms with Gasteiger partial charge in [0.25, 0.3) is 0 Å². The van der Waals surface area contributed by atoms with Crippen LogP contribution in [0.3, 0.4) is 0 Å². The van der Waals surface area contributed by atoms with Crippen LogP contribution in [0.2, 0.25) is 5.02 Å². The Morgan fingerprint density at radius 2 is 1.87 bits per heavy atom. The number of pyridine rings is 1. The number of hydrogen-bond donors (Lipinski definition) is 1. The molecule has 1 aromatic heterocycles. The number of carbonyl (C=O) groups excluding carboxylic acids is 1. The molecule has 4 aliphatic carbocycles. The predicted octanol–water partition coefficient (Wildman–Crippen LogP) is 3.57. The van der Waals surface area contributed by atoms with Crippen LogP contribution in [-0.4, -0.2) is 34.9 Å². The van der Waals surface area contributed by atoms with Crippen molar-refractivity contribution in [1.82, 2.24) is 9.88 Å². The number of rotatable bonds is 4. The van der Waals surface area contributed by atoms with Crippen molar-refractivity contribution in [2.24, 2.45) is 17.8 Å². The molecule has 1 amide bonds. The highest BCUT2D eigenvalue weighted by molar-refractivity contribution is 6.30. The Labute approximate surface area is 142 Å². The van der Waals surface area contributed by atoms with Crippen molar-refractivity contribution < 1.29 is 4.79 Å². The summed E-state index contributed by atoms with van der Waals surface area (Å²) in [5.41, 5.74) is 0.263. The van der Waals surface area contributed by atoms with E-state index in [1.165, 1.54) is 38.5 Å². The minimum Gasteiger partial charge on any atom is -0.310 e. The molecule has 4 bridgehead atoms. The molecule has 4 nitrogen and oxygen atoms in total. The smallest absolute Gasteiger partial charge is 0.239 e. The van der Waals surface area contributed by atoms with Crippen LogP contribution in [0.25, 0.3) is 0 Å². The van der Waals surface area contributed by atoms with E-state index in [0.717, 1.165) is 17.8 Å². The predicted molar refractivity (Wildman–Crippen MR) is 91.4 cm³/mol. The van der Waals surface area contributed by atoms with E-state index in [4.69, 9.17) is 11.6 Å². The second-order valence-corrected chi connectivity index (χ2v) is 8.34. The van der Waals surface area contributed by atoms with Crippen molar-refractivity contribution >= 4 is 23.3 Å². The lowest BCUT2D eigenvalue weighted by molar-refractivity contribution is -0.123. The summed E-state index contributed by atoms with van der Waals surface area (Å²) in [6.07, 6.45) is 9.67. The molecule has 1 heterocycles. The summed E-state index contributed by atoms with van der Waals surface area (Å²) in [5, 5.41) is 3.46. The first-order chi connectivity index (χ1) is 11.0. The average Bonchev–Trinajstić information content (AvgIpc) is 2.48. The maximum atomic E-state index is 12.4. The van der Waals surface area contributed by atoms with Crippen LogP contribution < -0.4 is 5.32 Å². The Kier molecular flexibility index (Phi) is 3.85. The van der Waals surface area contributed by atoms with E-state index in [-0.39, 0.29) is 11.4 Å². The van der Waals surface area contributed by atoms with Crippen LogP contribution in [0.15, 0.2) is 18.3 Å². The van der Waals surface area contributed by atoms with E-state index >= 15 is 0 Å². The highest BCUT2D eigenvalue weighted by Crippen LogP contribution is 2.57. The molecule has 0 radical (unpaired) electrons. The highest BCUT2D eigenvalue weighted by atomic mass is 35.5. The van der Waals surface area contributed by atoms with Gasteiger partial charge in [-0.25, -0.2) is 4.98 Å². The van der Waals surface area contributed by atoms with E-state index in [9.17, 15) is 4.79 Å². The van der Waals surface area contributed by atoms with E-state index in [1.54, 1.807) is 18.3 Å². The molecule has 5 heteroatoms. The van der Waals surface area contributed by atoms with Gasteiger partial charge in [0.15, 0.2) is 0 Å². The van der Waals surface area contributed by atoms with Gasteiger partial charge < -0.3 is 5.32 Å². The molecule has 0 spiro atoms. The summed E-state index contributed by atoms with van der Waals surface area (Å²) in [6.45, 7) is 0.441. The molecular formula is C18H24ClN3O. The maximum Gasteiger partial charge on any atom is 0.239 e. The number of nitrogens with one attached hydrogen (secondary N) is 1. The molecule has 1 N–H and O–H groups in total. The Morgan fingerprint density at radius 3 is 2.39 bits per heavy atom. The number of nitrogens with zero attached hydrogens (tertiary/aromatic N) is 2. The Bertz CT molecular complexity index is 566. The van der Waals surface area contributed by atoms with Crippen molar-refractivity contribution in [2.45, 2.75) is 44.1 Å². The fourth-order valence-electron chi connectivity index (χ4n) is 5.55. The second kappa shape index (κ2) is 5.75. The molecule has 124 valence electrons. The number of anilines is 1. The van der Waals surface area contributed by atoms with Crippen molar-refractivity contribution in [3.8, 4) is 0 Å². The normalized spacial score (nSPS) is 34.8. The zero-order valence-corrected chi connectivity index (χ0v) is 14.4. The first kappa shape index (κ1) is 15.4. The van der Waals surface area contributed by atoms with Gasteiger partial charge in [-0.15, -0.1) is 0 Å². The maximum absolute atomic E-state index is 12.4. The first-order valence-electron chi connectivity index (χ1n) is 8.65. The van der Waals surface area contributed by atoms with Crippen LogP contribution in [0.1, 0.15) is 38.5 Å². The van der Waals surface area contributed by atoms with Crippen molar-refractivity contribution in [1.29, 1.82) is 0 Å². The molecule has 0 aliphatic heterocycles. The average molecular weight is 334 g/mol. The summed E-state index contributed by atoms with van der Waals surface area (Å²) in [6, 6.07) is 3.48. The van der Waals surface area contributed by atoms with Gasteiger partial charge in [-0.1, -0.05) is 11.6 Å². The van der Waals surface area contributed by atoms with Gasteiger partial charge in [0.1, 0.15) is 5.82 Å². The lowest BCUT2D eigenvalue weighted by atomic mass is 9.52. The molecule has 23 heavy (non-hydrogen) atoms. The first-order valence-corrected chi connectivity index (χ1v) is 9.03. The zero-order chi connectivity index (χ0) is 16.0. The topological polar surface area (TPSA) is 45.2 Å². The van der Waals surface area contributed by atoms with Crippen LogP contribution in [0, 0.1) is 17.8 Å². The van der Waals surface area contributed by atoms with Gasteiger partial charge in [-0.05, 0) is 75.5 Å².